The summed E-state index contributed by atoms with van der Waals surface area (Å²) in [6.07, 6.45) is 0. The van der Waals surface area contributed by atoms with Crippen LogP contribution in [0.25, 0.3) is 45.8 Å². The summed E-state index contributed by atoms with van der Waals surface area (Å²) < 4.78 is 3.03. The van der Waals surface area contributed by atoms with E-state index in [1.165, 1.54) is 33.6 Å². The summed E-state index contributed by atoms with van der Waals surface area (Å²) in [7, 11) is 0. The Bertz CT molecular complexity index is 1830. The molecule has 0 aliphatic heterocycles. The van der Waals surface area contributed by atoms with Crippen molar-refractivity contribution in [3.8, 4) is 45.8 Å². The van der Waals surface area contributed by atoms with Gasteiger partial charge in [0.05, 0.1) is 21.2 Å². The van der Waals surface area contributed by atoms with Gasteiger partial charge in [-0.15, -0.1) is 10.2 Å². The smallest absolute Gasteiger partial charge is 0.258 e. The number of rotatable bonds is 7. The molecule has 206 valence electrons. The molecule has 0 atom stereocenters. The van der Waals surface area contributed by atoms with Crippen molar-refractivity contribution in [3.63, 3.8) is 0 Å². The topological polar surface area (TPSA) is 148 Å². The third-order valence-corrected chi connectivity index (χ3v) is 6.69. The van der Waals surface area contributed by atoms with Crippen LogP contribution in [0.3, 0.4) is 0 Å². The number of non-ortho nitro benzene ring substituents is 2. The molecule has 0 aliphatic rings. The van der Waals surface area contributed by atoms with Crippen LogP contribution in [0.15, 0.2) is 97.1 Å². The molecular weight excluding hydrogens is 583 g/mol. The van der Waals surface area contributed by atoms with Crippen molar-refractivity contribution in [2.75, 3.05) is 0 Å². The molecule has 0 bridgehead atoms. The van der Waals surface area contributed by atoms with Gasteiger partial charge in [-0.25, -0.2) is 19.3 Å². The van der Waals surface area contributed by atoms with Crippen molar-refractivity contribution in [1.82, 2.24) is 29.5 Å². The summed E-state index contributed by atoms with van der Waals surface area (Å²) in [5.74, 6) is 0.836. The molecular formula is C28H16Cl2N8O4. The minimum atomic E-state index is -0.492. The van der Waals surface area contributed by atoms with E-state index in [4.69, 9.17) is 23.2 Å². The highest BCUT2D eigenvalue weighted by Crippen LogP contribution is 2.30. The van der Waals surface area contributed by atoms with Crippen LogP contribution in [0.2, 0.25) is 10.0 Å². The molecule has 2 heterocycles. The first-order valence-corrected chi connectivity index (χ1v) is 13.0. The second kappa shape index (κ2) is 10.8. The van der Waals surface area contributed by atoms with Crippen LogP contribution in [0, 0.1) is 20.2 Å². The summed E-state index contributed by atoms with van der Waals surface area (Å²) in [6, 6.07) is 25.7. The molecule has 42 heavy (non-hydrogen) atoms. The Balaban J connectivity index is 1.55. The first-order chi connectivity index (χ1) is 20.3. The van der Waals surface area contributed by atoms with Gasteiger partial charge in [0.1, 0.15) is 0 Å². The molecule has 4 aromatic carbocycles. The maximum atomic E-state index is 11.5. The van der Waals surface area contributed by atoms with Crippen LogP contribution in [0.5, 0.6) is 0 Å². The van der Waals surface area contributed by atoms with E-state index < -0.39 is 9.85 Å². The molecule has 0 saturated carbocycles. The van der Waals surface area contributed by atoms with Gasteiger partial charge in [0.2, 0.25) is 11.6 Å². The van der Waals surface area contributed by atoms with Gasteiger partial charge in [-0.05, 0) is 48.5 Å². The summed E-state index contributed by atoms with van der Waals surface area (Å²) in [6.45, 7) is 0. The lowest BCUT2D eigenvalue weighted by Gasteiger charge is -2.06. The number of hydrogen-bond acceptors (Lipinski definition) is 8. The van der Waals surface area contributed by atoms with Crippen molar-refractivity contribution in [2.45, 2.75) is 0 Å². The number of hydrogen-bond donors (Lipinski definition) is 0. The third-order valence-electron chi connectivity index (χ3n) is 6.19. The van der Waals surface area contributed by atoms with Crippen LogP contribution in [-0.2, 0) is 0 Å². The van der Waals surface area contributed by atoms with E-state index in [1.54, 1.807) is 72.8 Å². The standard InChI is InChI=1S/C28H16Cl2N8O4/c29-19-7-11-21(12-8-19)35-27(17-3-1-5-23(15-17)37(39)40)31-25(33-35)26-32-28(18-4-2-6-24(16-18)38(41)42)36(34-26)22-13-9-20(30)10-14-22/h1-16H. The predicted molar refractivity (Wildman–Crippen MR) is 156 cm³/mol. The number of nitro benzene ring substituents is 2. The van der Waals surface area contributed by atoms with Gasteiger partial charge in [0, 0.05) is 45.4 Å². The maximum absolute atomic E-state index is 11.5. The Morgan fingerprint density at radius 2 is 0.952 bits per heavy atom. The zero-order chi connectivity index (χ0) is 29.4. The van der Waals surface area contributed by atoms with Gasteiger partial charge in [-0.3, -0.25) is 20.2 Å². The zero-order valence-corrected chi connectivity index (χ0v) is 22.7. The van der Waals surface area contributed by atoms with Crippen molar-refractivity contribution < 1.29 is 9.85 Å². The Labute approximate surface area is 246 Å². The van der Waals surface area contributed by atoms with E-state index in [0.29, 0.717) is 44.2 Å². The molecule has 12 nitrogen and oxygen atoms in total. The van der Waals surface area contributed by atoms with Crippen molar-refractivity contribution >= 4 is 34.6 Å². The fourth-order valence-electron chi connectivity index (χ4n) is 4.23. The highest BCUT2D eigenvalue weighted by Gasteiger charge is 2.23. The number of aromatic nitrogens is 6. The maximum Gasteiger partial charge on any atom is 0.270 e. The Kier molecular flexibility index (Phi) is 6.90. The SMILES string of the molecule is O=[N+]([O-])c1cccc(-c2nc(-c3nc(-c4cccc([N+](=O)[O-])c4)n(-c4ccc(Cl)cc4)n3)nn2-c2ccc(Cl)cc2)c1. The highest BCUT2D eigenvalue weighted by molar-refractivity contribution is 6.30. The average Bonchev–Trinajstić information content (AvgIpc) is 3.64. The highest BCUT2D eigenvalue weighted by atomic mass is 35.5. The van der Waals surface area contributed by atoms with E-state index in [9.17, 15) is 20.2 Å². The van der Waals surface area contributed by atoms with Gasteiger partial charge in [-0.1, -0.05) is 47.5 Å². The van der Waals surface area contributed by atoms with E-state index in [2.05, 4.69) is 20.2 Å². The van der Waals surface area contributed by atoms with Crippen LogP contribution in [0.1, 0.15) is 0 Å². The Hall–Kier alpha value is -5.46. The van der Waals surface area contributed by atoms with Crippen LogP contribution in [0.4, 0.5) is 11.4 Å². The first kappa shape index (κ1) is 26.7. The lowest BCUT2D eigenvalue weighted by Crippen LogP contribution is -2.00. The zero-order valence-electron chi connectivity index (χ0n) is 21.2. The normalized spacial score (nSPS) is 11.0. The summed E-state index contributed by atoms with van der Waals surface area (Å²) in [5, 5.41) is 33.3. The molecule has 0 radical (unpaired) electrons. The Morgan fingerprint density at radius 3 is 1.31 bits per heavy atom. The van der Waals surface area contributed by atoms with Crippen LogP contribution in [-0.4, -0.2) is 39.4 Å². The van der Waals surface area contributed by atoms with Gasteiger partial charge in [-0.2, -0.15) is 0 Å². The molecule has 0 spiro atoms. The van der Waals surface area contributed by atoms with E-state index in [1.807, 2.05) is 0 Å². The fraction of sp³-hybridized carbons (Fsp3) is 0. The molecule has 0 unspecified atom stereocenters. The third kappa shape index (κ3) is 5.19. The molecule has 0 fully saturated rings. The van der Waals surface area contributed by atoms with E-state index >= 15 is 0 Å². The first-order valence-electron chi connectivity index (χ1n) is 12.2. The van der Waals surface area contributed by atoms with Crippen molar-refractivity contribution in [3.05, 3.63) is 127 Å². The largest absolute Gasteiger partial charge is 0.270 e. The monoisotopic (exact) mass is 598 g/mol. The second-order valence-electron chi connectivity index (χ2n) is 8.91. The molecule has 14 heteroatoms. The summed E-state index contributed by atoms with van der Waals surface area (Å²) >= 11 is 12.2. The van der Waals surface area contributed by atoms with E-state index in [0.717, 1.165) is 0 Å². The lowest BCUT2D eigenvalue weighted by molar-refractivity contribution is -0.385. The quantitative estimate of drug-likeness (QED) is 0.141. The number of nitrogens with zero attached hydrogens (tertiary/aromatic N) is 8. The van der Waals surface area contributed by atoms with Crippen LogP contribution >= 0.6 is 23.2 Å². The molecule has 6 rings (SSSR count). The molecule has 0 aliphatic carbocycles. The predicted octanol–water partition coefficient (Wildman–Crippen LogP) is 6.97. The van der Waals surface area contributed by atoms with Crippen molar-refractivity contribution in [2.24, 2.45) is 0 Å². The molecule has 2 aromatic heterocycles. The average molecular weight is 599 g/mol. The van der Waals surface area contributed by atoms with Gasteiger partial charge >= 0.3 is 0 Å². The van der Waals surface area contributed by atoms with Gasteiger partial charge < -0.3 is 0 Å². The molecule has 6 aromatic rings. The number of halogens is 2. The minimum Gasteiger partial charge on any atom is -0.258 e. The summed E-state index contributed by atoms with van der Waals surface area (Å²) in [5.41, 5.74) is 1.84. The molecule has 0 N–H and O–H groups in total. The minimum absolute atomic E-state index is 0.113. The Morgan fingerprint density at radius 1 is 0.571 bits per heavy atom. The molecule has 0 amide bonds. The van der Waals surface area contributed by atoms with Crippen LogP contribution < -0.4 is 0 Å². The molecule has 0 saturated heterocycles. The second-order valence-corrected chi connectivity index (χ2v) is 9.78. The fourth-order valence-corrected chi connectivity index (χ4v) is 4.48. The van der Waals surface area contributed by atoms with Gasteiger partial charge in [0.25, 0.3) is 11.4 Å². The van der Waals surface area contributed by atoms with Crippen molar-refractivity contribution in [1.29, 1.82) is 0 Å². The lowest BCUT2D eigenvalue weighted by atomic mass is 10.2. The van der Waals surface area contributed by atoms with Gasteiger partial charge in [0.15, 0.2) is 11.6 Å². The number of benzene rings is 4. The summed E-state index contributed by atoms with van der Waals surface area (Å²) in [4.78, 5) is 31.3. The van der Waals surface area contributed by atoms with E-state index in [-0.39, 0.29) is 23.0 Å². The number of nitro groups is 2.